The van der Waals surface area contributed by atoms with Crippen molar-refractivity contribution in [1.82, 2.24) is 24.8 Å². The van der Waals surface area contributed by atoms with E-state index in [4.69, 9.17) is 11.6 Å². The lowest BCUT2D eigenvalue weighted by Crippen LogP contribution is -1.97. The van der Waals surface area contributed by atoms with E-state index in [1.165, 1.54) is 5.56 Å². The molecule has 4 aromatic rings. The molecule has 7 heteroatoms. The predicted molar refractivity (Wildman–Crippen MR) is 95.0 cm³/mol. The molecule has 0 bridgehead atoms. The summed E-state index contributed by atoms with van der Waals surface area (Å²) in [4.78, 5) is 4.34. The van der Waals surface area contributed by atoms with Gasteiger partial charge in [0.1, 0.15) is 5.69 Å². The quantitative estimate of drug-likeness (QED) is 0.516. The van der Waals surface area contributed by atoms with Gasteiger partial charge in [0.05, 0.1) is 5.69 Å². The van der Waals surface area contributed by atoms with Crippen LogP contribution in [0.15, 0.2) is 66.0 Å². The van der Waals surface area contributed by atoms with E-state index < -0.39 is 0 Å². The van der Waals surface area contributed by atoms with Gasteiger partial charge < -0.3 is 0 Å². The zero-order chi connectivity index (χ0) is 16.4. The Labute approximate surface area is 147 Å². The Morgan fingerprint density at radius 3 is 2.58 bits per heavy atom. The molecule has 0 atom stereocenters. The molecule has 0 unspecified atom stereocenters. The van der Waals surface area contributed by atoms with Crippen molar-refractivity contribution in [1.29, 1.82) is 0 Å². The van der Waals surface area contributed by atoms with Crippen LogP contribution in [-0.2, 0) is 5.75 Å². The lowest BCUT2D eigenvalue weighted by Gasteiger charge is -2.03. The second-order valence-corrected chi connectivity index (χ2v) is 6.48. The van der Waals surface area contributed by atoms with Gasteiger partial charge in [-0.05, 0) is 42.0 Å². The number of aromatic nitrogens is 5. The van der Waals surface area contributed by atoms with E-state index in [0.717, 1.165) is 27.3 Å². The zero-order valence-corrected chi connectivity index (χ0v) is 14.1. The van der Waals surface area contributed by atoms with Gasteiger partial charge in [-0.25, -0.2) is 0 Å². The van der Waals surface area contributed by atoms with Gasteiger partial charge in [-0.2, -0.15) is 9.61 Å². The number of nitrogens with zero attached hydrogens (tertiary/aromatic N) is 5. The van der Waals surface area contributed by atoms with E-state index in [-0.39, 0.29) is 0 Å². The van der Waals surface area contributed by atoms with Crippen LogP contribution >= 0.6 is 23.4 Å². The summed E-state index contributed by atoms with van der Waals surface area (Å²) in [5.41, 5.74) is 3.49. The standard InChI is InChI=1S/C17H12ClN5S/c18-13-6-4-12(5-7-13)11-24-17-21-20-16-9-8-15(22-23(16)17)14-3-1-2-10-19-14/h1-10H,11H2. The number of thioether (sulfide) groups is 1. The molecule has 0 aliphatic rings. The third-order valence-corrected chi connectivity index (χ3v) is 4.69. The van der Waals surface area contributed by atoms with E-state index in [0.29, 0.717) is 5.65 Å². The smallest absolute Gasteiger partial charge is 0.212 e. The normalized spacial score (nSPS) is 11.0. The fourth-order valence-electron chi connectivity index (χ4n) is 2.24. The summed E-state index contributed by atoms with van der Waals surface area (Å²) < 4.78 is 1.75. The van der Waals surface area contributed by atoms with Crippen molar-refractivity contribution < 1.29 is 0 Å². The van der Waals surface area contributed by atoms with E-state index in [1.54, 1.807) is 22.5 Å². The topological polar surface area (TPSA) is 56.0 Å². The summed E-state index contributed by atoms with van der Waals surface area (Å²) in [6, 6.07) is 17.3. The Hall–Kier alpha value is -2.44. The number of rotatable bonds is 4. The van der Waals surface area contributed by atoms with Crippen molar-refractivity contribution >= 4 is 29.0 Å². The molecule has 0 fully saturated rings. The van der Waals surface area contributed by atoms with Gasteiger partial charge in [-0.1, -0.05) is 41.6 Å². The van der Waals surface area contributed by atoms with E-state index in [2.05, 4.69) is 20.3 Å². The summed E-state index contributed by atoms with van der Waals surface area (Å²) >= 11 is 7.50. The van der Waals surface area contributed by atoms with Crippen molar-refractivity contribution in [2.24, 2.45) is 0 Å². The highest BCUT2D eigenvalue weighted by molar-refractivity contribution is 7.98. The van der Waals surface area contributed by atoms with Crippen molar-refractivity contribution in [3.05, 3.63) is 71.4 Å². The van der Waals surface area contributed by atoms with E-state index >= 15 is 0 Å². The van der Waals surface area contributed by atoms with Gasteiger partial charge in [0.2, 0.25) is 5.16 Å². The van der Waals surface area contributed by atoms with Crippen molar-refractivity contribution in [3.8, 4) is 11.4 Å². The highest BCUT2D eigenvalue weighted by Crippen LogP contribution is 2.23. The van der Waals surface area contributed by atoms with Crippen molar-refractivity contribution in [3.63, 3.8) is 0 Å². The summed E-state index contributed by atoms with van der Waals surface area (Å²) in [7, 11) is 0. The monoisotopic (exact) mass is 353 g/mol. The third-order valence-electron chi connectivity index (χ3n) is 3.44. The molecule has 0 amide bonds. The number of hydrogen-bond donors (Lipinski definition) is 0. The molecular formula is C17H12ClN5S. The van der Waals surface area contributed by atoms with Gasteiger partial charge in [0.15, 0.2) is 5.65 Å². The lowest BCUT2D eigenvalue weighted by molar-refractivity contribution is 0.811. The minimum absolute atomic E-state index is 0.716. The molecule has 3 heterocycles. The second kappa shape index (κ2) is 6.59. The largest absolute Gasteiger partial charge is 0.255 e. The van der Waals surface area contributed by atoms with Crippen LogP contribution in [0.3, 0.4) is 0 Å². The first-order chi connectivity index (χ1) is 11.8. The van der Waals surface area contributed by atoms with Crippen LogP contribution < -0.4 is 0 Å². The van der Waals surface area contributed by atoms with Gasteiger partial charge in [-0.15, -0.1) is 10.2 Å². The molecule has 3 aromatic heterocycles. The van der Waals surface area contributed by atoms with Crippen LogP contribution in [0.25, 0.3) is 17.0 Å². The molecule has 5 nitrogen and oxygen atoms in total. The number of benzene rings is 1. The van der Waals surface area contributed by atoms with Gasteiger partial charge in [0.25, 0.3) is 0 Å². The van der Waals surface area contributed by atoms with Crippen molar-refractivity contribution in [2.75, 3.05) is 0 Å². The summed E-state index contributed by atoms with van der Waals surface area (Å²) in [6.45, 7) is 0. The maximum atomic E-state index is 5.92. The second-order valence-electron chi connectivity index (χ2n) is 5.10. The average molecular weight is 354 g/mol. The molecule has 0 spiro atoms. The Morgan fingerprint density at radius 1 is 0.917 bits per heavy atom. The molecule has 1 aromatic carbocycles. The molecule has 24 heavy (non-hydrogen) atoms. The molecular weight excluding hydrogens is 342 g/mol. The van der Waals surface area contributed by atoms with Crippen LogP contribution in [0.1, 0.15) is 5.56 Å². The van der Waals surface area contributed by atoms with Gasteiger partial charge >= 0.3 is 0 Å². The molecule has 118 valence electrons. The Kier molecular flexibility index (Phi) is 4.15. The fourth-order valence-corrected chi connectivity index (χ4v) is 3.21. The predicted octanol–water partition coefficient (Wildman–Crippen LogP) is 4.13. The Morgan fingerprint density at radius 2 is 1.79 bits per heavy atom. The molecule has 0 saturated heterocycles. The van der Waals surface area contributed by atoms with E-state index in [9.17, 15) is 0 Å². The highest BCUT2D eigenvalue weighted by atomic mass is 35.5. The summed E-state index contributed by atoms with van der Waals surface area (Å²) in [5.74, 6) is 0.771. The zero-order valence-electron chi connectivity index (χ0n) is 12.5. The minimum atomic E-state index is 0.716. The average Bonchev–Trinajstić information content (AvgIpc) is 3.04. The number of halogens is 1. The summed E-state index contributed by atoms with van der Waals surface area (Å²) in [5, 5.41) is 14.5. The molecule has 0 N–H and O–H groups in total. The van der Waals surface area contributed by atoms with Crippen LogP contribution in [0.4, 0.5) is 0 Å². The van der Waals surface area contributed by atoms with Gasteiger partial charge in [0, 0.05) is 17.0 Å². The molecule has 0 aliphatic heterocycles. The first-order valence-electron chi connectivity index (χ1n) is 7.31. The molecule has 0 radical (unpaired) electrons. The number of pyridine rings is 1. The molecule has 0 saturated carbocycles. The first-order valence-corrected chi connectivity index (χ1v) is 8.67. The fraction of sp³-hybridized carbons (Fsp3) is 0.0588. The van der Waals surface area contributed by atoms with Crippen molar-refractivity contribution in [2.45, 2.75) is 10.9 Å². The summed E-state index contributed by atoms with van der Waals surface area (Å²) in [6.07, 6.45) is 1.75. The van der Waals surface area contributed by atoms with Crippen LogP contribution in [0, 0.1) is 0 Å². The van der Waals surface area contributed by atoms with Crippen LogP contribution in [0.2, 0.25) is 5.02 Å². The van der Waals surface area contributed by atoms with E-state index in [1.807, 2.05) is 54.6 Å². The Bertz CT molecular complexity index is 969. The van der Waals surface area contributed by atoms with Gasteiger partial charge in [-0.3, -0.25) is 4.98 Å². The highest BCUT2D eigenvalue weighted by Gasteiger charge is 2.10. The molecule has 0 aliphatic carbocycles. The Balaban J connectivity index is 1.62. The maximum absolute atomic E-state index is 5.92. The lowest BCUT2D eigenvalue weighted by atomic mass is 10.2. The number of fused-ring (bicyclic) bond motifs is 1. The SMILES string of the molecule is Clc1ccc(CSc2nnc3ccc(-c4ccccn4)nn23)cc1. The molecule has 4 rings (SSSR count). The maximum Gasteiger partial charge on any atom is 0.212 e. The first kappa shape index (κ1) is 15.1. The van der Waals surface area contributed by atoms with Crippen LogP contribution in [-0.4, -0.2) is 24.8 Å². The number of hydrogen-bond acceptors (Lipinski definition) is 5. The third kappa shape index (κ3) is 3.11. The van der Waals surface area contributed by atoms with Crippen LogP contribution in [0.5, 0.6) is 0 Å². The minimum Gasteiger partial charge on any atom is -0.255 e.